The average molecular weight is 258 g/mol. The molecule has 2 rings (SSSR count). The van der Waals surface area contributed by atoms with Crippen molar-refractivity contribution in [3.05, 3.63) is 0 Å². The molecule has 0 spiro atoms. The lowest BCUT2D eigenvalue weighted by Crippen LogP contribution is -2.35. The highest BCUT2D eigenvalue weighted by Gasteiger charge is 2.53. The van der Waals surface area contributed by atoms with Crippen LogP contribution < -0.4 is 0 Å². The van der Waals surface area contributed by atoms with Crippen LogP contribution in [0.15, 0.2) is 0 Å². The van der Waals surface area contributed by atoms with Crippen LogP contribution in [-0.4, -0.2) is 43.0 Å². The van der Waals surface area contributed by atoms with E-state index in [1.165, 1.54) is 13.8 Å². The highest BCUT2D eigenvalue weighted by Crippen LogP contribution is 2.37. The number of esters is 3. The van der Waals surface area contributed by atoms with Gasteiger partial charge >= 0.3 is 17.9 Å². The van der Waals surface area contributed by atoms with Crippen LogP contribution in [0.1, 0.15) is 20.3 Å². The molecule has 2 aliphatic rings. The number of hydrogen-bond donors (Lipinski definition) is 0. The standard InChI is InChI=1S/C11H14O7/c1-5(12)15-4-8-10(16-6(2)13)7-3-9(14)18-11(7)17-8/h7-8,10-11H,3-4H2,1-2H3/t7-,8-,10+,11-/m1/s1. The van der Waals surface area contributed by atoms with Crippen molar-refractivity contribution in [2.75, 3.05) is 6.61 Å². The van der Waals surface area contributed by atoms with Gasteiger partial charge in [-0.2, -0.15) is 0 Å². The lowest BCUT2D eigenvalue weighted by Gasteiger charge is -2.20. The van der Waals surface area contributed by atoms with Crippen molar-refractivity contribution in [2.45, 2.75) is 38.8 Å². The number of fused-ring (bicyclic) bond motifs is 1. The minimum Gasteiger partial charge on any atom is -0.463 e. The Hall–Kier alpha value is -1.63. The highest BCUT2D eigenvalue weighted by atomic mass is 16.7. The maximum atomic E-state index is 11.1. The normalized spacial score (nSPS) is 33.8. The summed E-state index contributed by atoms with van der Waals surface area (Å²) in [5.41, 5.74) is 0. The summed E-state index contributed by atoms with van der Waals surface area (Å²) in [5, 5.41) is 0. The fraction of sp³-hybridized carbons (Fsp3) is 0.727. The summed E-state index contributed by atoms with van der Waals surface area (Å²) in [4.78, 5) is 32.9. The second-order valence-electron chi connectivity index (χ2n) is 4.28. The molecule has 100 valence electrons. The van der Waals surface area contributed by atoms with Crippen LogP contribution in [0.2, 0.25) is 0 Å². The zero-order valence-corrected chi connectivity index (χ0v) is 10.1. The van der Waals surface area contributed by atoms with Crippen molar-refractivity contribution in [1.29, 1.82) is 0 Å². The second-order valence-corrected chi connectivity index (χ2v) is 4.28. The smallest absolute Gasteiger partial charge is 0.308 e. The third-order valence-corrected chi connectivity index (χ3v) is 2.85. The highest BCUT2D eigenvalue weighted by molar-refractivity contribution is 5.72. The van der Waals surface area contributed by atoms with E-state index in [2.05, 4.69) is 0 Å². The van der Waals surface area contributed by atoms with Gasteiger partial charge in [-0.05, 0) is 0 Å². The van der Waals surface area contributed by atoms with E-state index in [-0.39, 0.29) is 24.9 Å². The predicted octanol–water partition coefficient (Wildman–Crippen LogP) is -0.231. The van der Waals surface area contributed by atoms with E-state index in [1.807, 2.05) is 0 Å². The third-order valence-electron chi connectivity index (χ3n) is 2.85. The third kappa shape index (κ3) is 2.61. The Kier molecular flexibility index (Phi) is 3.51. The summed E-state index contributed by atoms with van der Waals surface area (Å²) in [7, 11) is 0. The van der Waals surface area contributed by atoms with Gasteiger partial charge in [0, 0.05) is 13.8 Å². The van der Waals surface area contributed by atoms with Gasteiger partial charge in [-0.1, -0.05) is 0 Å². The maximum Gasteiger partial charge on any atom is 0.308 e. The van der Waals surface area contributed by atoms with Gasteiger partial charge in [0.15, 0.2) is 0 Å². The van der Waals surface area contributed by atoms with Crippen molar-refractivity contribution in [3.63, 3.8) is 0 Å². The van der Waals surface area contributed by atoms with Crippen molar-refractivity contribution in [3.8, 4) is 0 Å². The lowest BCUT2D eigenvalue weighted by atomic mass is 9.99. The Bertz CT molecular complexity index is 378. The molecule has 0 saturated carbocycles. The molecule has 2 saturated heterocycles. The SMILES string of the molecule is CC(=O)OC[C@H]1O[C@@H]2OC(=O)C[C@@H]2[C@@H]1OC(C)=O. The molecule has 2 fully saturated rings. The van der Waals surface area contributed by atoms with Crippen LogP contribution in [0.4, 0.5) is 0 Å². The fourth-order valence-corrected chi connectivity index (χ4v) is 2.17. The molecule has 7 heteroatoms. The van der Waals surface area contributed by atoms with E-state index >= 15 is 0 Å². The molecule has 0 aliphatic carbocycles. The predicted molar refractivity (Wildman–Crippen MR) is 55.0 cm³/mol. The Morgan fingerprint density at radius 2 is 2.06 bits per heavy atom. The fourth-order valence-electron chi connectivity index (χ4n) is 2.17. The van der Waals surface area contributed by atoms with Crippen molar-refractivity contribution < 1.29 is 33.3 Å². The van der Waals surface area contributed by atoms with Crippen LogP contribution in [-0.2, 0) is 33.3 Å². The first kappa shape index (κ1) is 12.8. The van der Waals surface area contributed by atoms with Gasteiger partial charge in [0.05, 0.1) is 12.3 Å². The molecule has 0 N–H and O–H groups in total. The summed E-state index contributed by atoms with van der Waals surface area (Å²) in [6, 6.07) is 0. The van der Waals surface area contributed by atoms with E-state index in [0.29, 0.717) is 0 Å². The zero-order valence-electron chi connectivity index (χ0n) is 10.1. The maximum absolute atomic E-state index is 11.1. The summed E-state index contributed by atoms with van der Waals surface area (Å²) in [5.74, 6) is -1.64. The molecule has 2 heterocycles. The van der Waals surface area contributed by atoms with Gasteiger partial charge in [0.1, 0.15) is 18.8 Å². The van der Waals surface area contributed by atoms with Gasteiger partial charge in [0.25, 0.3) is 0 Å². The van der Waals surface area contributed by atoms with Crippen LogP contribution in [0, 0.1) is 5.92 Å². The number of carbonyl (C=O) groups is 3. The largest absolute Gasteiger partial charge is 0.463 e. The van der Waals surface area contributed by atoms with Gasteiger partial charge in [-0.15, -0.1) is 0 Å². The number of hydrogen-bond acceptors (Lipinski definition) is 7. The summed E-state index contributed by atoms with van der Waals surface area (Å²) < 4.78 is 20.3. The quantitative estimate of drug-likeness (QED) is 0.510. The second kappa shape index (κ2) is 4.93. The van der Waals surface area contributed by atoms with Crippen LogP contribution >= 0.6 is 0 Å². The first-order valence-electron chi connectivity index (χ1n) is 5.63. The molecule has 0 radical (unpaired) electrons. The monoisotopic (exact) mass is 258 g/mol. The first-order chi connectivity index (χ1) is 8.47. The zero-order chi connectivity index (χ0) is 13.3. The molecule has 7 nitrogen and oxygen atoms in total. The van der Waals surface area contributed by atoms with Gasteiger partial charge in [-0.25, -0.2) is 0 Å². The van der Waals surface area contributed by atoms with Crippen molar-refractivity contribution in [2.24, 2.45) is 5.92 Å². The first-order valence-corrected chi connectivity index (χ1v) is 5.63. The Labute approximate surface area is 103 Å². The van der Waals surface area contributed by atoms with Gasteiger partial charge < -0.3 is 18.9 Å². The number of carbonyl (C=O) groups excluding carboxylic acids is 3. The molecule has 0 bridgehead atoms. The van der Waals surface area contributed by atoms with E-state index in [1.54, 1.807) is 0 Å². The van der Waals surface area contributed by atoms with Crippen molar-refractivity contribution in [1.82, 2.24) is 0 Å². The van der Waals surface area contributed by atoms with E-state index in [9.17, 15) is 14.4 Å². The molecule has 18 heavy (non-hydrogen) atoms. The van der Waals surface area contributed by atoms with E-state index in [0.717, 1.165) is 0 Å². The molecule has 0 unspecified atom stereocenters. The molecular weight excluding hydrogens is 244 g/mol. The molecule has 0 aromatic heterocycles. The van der Waals surface area contributed by atoms with Crippen LogP contribution in [0.25, 0.3) is 0 Å². The summed E-state index contributed by atoms with van der Waals surface area (Å²) >= 11 is 0. The number of ether oxygens (including phenoxy) is 4. The minimum atomic E-state index is -0.720. The molecule has 0 aromatic carbocycles. The van der Waals surface area contributed by atoms with E-state index < -0.39 is 30.4 Å². The molecule has 0 amide bonds. The van der Waals surface area contributed by atoms with Crippen molar-refractivity contribution >= 4 is 17.9 Å². The Balaban J connectivity index is 2.03. The number of rotatable bonds is 3. The molecular formula is C11H14O7. The lowest BCUT2D eigenvalue weighted by molar-refractivity contribution is -0.174. The molecule has 2 aliphatic heterocycles. The van der Waals surface area contributed by atoms with Crippen LogP contribution in [0.3, 0.4) is 0 Å². The minimum absolute atomic E-state index is 0.0299. The summed E-state index contributed by atoms with van der Waals surface area (Å²) in [6.45, 7) is 2.52. The van der Waals surface area contributed by atoms with Gasteiger partial charge in [-0.3, -0.25) is 14.4 Å². The Morgan fingerprint density at radius 3 is 2.67 bits per heavy atom. The van der Waals surface area contributed by atoms with Gasteiger partial charge in [0.2, 0.25) is 6.29 Å². The Morgan fingerprint density at radius 1 is 1.33 bits per heavy atom. The summed E-state index contributed by atoms with van der Waals surface area (Å²) in [6.07, 6.45) is -1.80. The van der Waals surface area contributed by atoms with E-state index in [4.69, 9.17) is 18.9 Å². The average Bonchev–Trinajstić information content (AvgIpc) is 2.73. The molecule has 0 aromatic rings. The van der Waals surface area contributed by atoms with Crippen LogP contribution in [0.5, 0.6) is 0 Å². The molecule has 4 atom stereocenters. The topological polar surface area (TPSA) is 88.1 Å².